The van der Waals surface area contributed by atoms with Gasteiger partial charge in [0.1, 0.15) is 0 Å². The van der Waals surface area contributed by atoms with Crippen molar-refractivity contribution in [1.82, 2.24) is 9.13 Å². The quantitative estimate of drug-likeness (QED) is 0.180. The Morgan fingerprint density at radius 2 is 0.872 bits per heavy atom. The van der Waals surface area contributed by atoms with Gasteiger partial charge in [-0.3, -0.25) is 0 Å². The highest BCUT2D eigenvalue weighted by Crippen LogP contribution is 2.43. The van der Waals surface area contributed by atoms with Gasteiger partial charge in [0, 0.05) is 33.1 Å². The van der Waals surface area contributed by atoms with Crippen LogP contribution in [0.25, 0.3) is 66.5 Å². The lowest BCUT2D eigenvalue weighted by Crippen LogP contribution is -2.52. The van der Waals surface area contributed by atoms with E-state index in [0.717, 1.165) is 0 Å². The first-order valence-electron chi connectivity index (χ1n) is 16.3. The highest BCUT2D eigenvalue weighted by atomic mass is 15.0. The minimum absolute atomic E-state index is 0.0565. The van der Waals surface area contributed by atoms with Crippen molar-refractivity contribution in [2.24, 2.45) is 0 Å². The molecule has 3 heterocycles. The van der Waals surface area contributed by atoms with Gasteiger partial charge in [0.25, 0.3) is 0 Å². The van der Waals surface area contributed by atoms with Gasteiger partial charge < -0.3 is 9.13 Å². The molecule has 0 atom stereocenters. The van der Waals surface area contributed by atoms with Crippen LogP contribution in [-0.2, 0) is 0 Å². The molecule has 0 aliphatic carbocycles. The number of fused-ring (bicyclic) bond motifs is 10. The molecule has 1 aliphatic heterocycles. The second kappa shape index (κ2) is 10.2. The molecule has 0 spiro atoms. The maximum Gasteiger partial charge on any atom is 0.242 e. The molecular weight excluding hydrogens is 567 g/mol. The van der Waals surface area contributed by atoms with E-state index in [2.05, 4.69) is 185 Å². The third-order valence-electron chi connectivity index (χ3n) is 10.0. The van der Waals surface area contributed by atoms with Crippen molar-refractivity contribution in [2.45, 2.75) is 0 Å². The van der Waals surface area contributed by atoms with Gasteiger partial charge in [-0.25, -0.2) is 0 Å². The van der Waals surface area contributed by atoms with Crippen LogP contribution in [0.3, 0.4) is 0 Å². The van der Waals surface area contributed by atoms with Gasteiger partial charge in [0.2, 0.25) is 6.71 Å². The molecule has 2 nitrogen and oxygen atoms in total. The Labute approximate surface area is 273 Å². The lowest BCUT2D eigenvalue weighted by molar-refractivity contribution is 1.14. The van der Waals surface area contributed by atoms with Gasteiger partial charge in [0.15, 0.2) is 0 Å². The van der Waals surface area contributed by atoms with Crippen molar-refractivity contribution in [3.8, 4) is 33.8 Å². The molecule has 218 valence electrons. The molecule has 47 heavy (non-hydrogen) atoms. The third kappa shape index (κ3) is 3.80. The Morgan fingerprint density at radius 1 is 0.362 bits per heavy atom. The van der Waals surface area contributed by atoms with Crippen LogP contribution in [-0.4, -0.2) is 15.8 Å². The van der Waals surface area contributed by atoms with E-state index in [1.54, 1.807) is 0 Å². The normalized spacial score (nSPS) is 12.2. The smallest absolute Gasteiger partial charge is 0.242 e. The monoisotopic (exact) mass is 596 g/mol. The van der Waals surface area contributed by atoms with E-state index in [-0.39, 0.29) is 6.71 Å². The van der Waals surface area contributed by atoms with Crippen molar-refractivity contribution < 1.29 is 0 Å². The Bertz CT molecular complexity index is 2630. The first-order valence-corrected chi connectivity index (χ1v) is 16.3. The van der Waals surface area contributed by atoms with Crippen LogP contribution in [0.1, 0.15) is 0 Å². The second-order valence-electron chi connectivity index (χ2n) is 12.5. The zero-order valence-corrected chi connectivity index (χ0v) is 25.7. The summed E-state index contributed by atoms with van der Waals surface area (Å²) in [7, 11) is 0. The zero-order valence-electron chi connectivity index (χ0n) is 25.7. The highest BCUT2D eigenvalue weighted by Gasteiger charge is 2.35. The minimum atomic E-state index is 0.0565. The lowest BCUT2D eigenvalue weighted by Gasteiger charge is -2.19. The van der Waals surface area contributed by atoms with Crippen LogP contribution in [0, 0.1) is 0 Å². The van der Waals surface area contributed by atoms with Gasteiger partial charge in [0.05, 0.1) is 22.2 Å². The van der Waals surface area contributed by atoms with Crippen LogP contribution >= 0.6 is 0 Å². The molecule has 0 saturated heterocycles. The predicted molar refractivity (Wildman–Crippen MR) is 200 cm³/mol. The lowest BCUT2D eigenvalue weighted by atomic mass is 9.36. The maximum atomic E-state index is 2.47. The van der Waals surface area contributed by atoms with Crippen molar-refractivity contribution in [2.75, 3.05) is 0 Å². The summed E-state index contributed by atoms with van der Waals surface area (Å²) in [4.78, 5) is 0. The fourth-order valence-electron chi connectivity index (χ4n) is 8.11. The maximum absolute atomic E-state index is 2.47. The molecule has 1 aliphatic rings. The van der Waals surface area contributed by atoms with Crippen LogP contribution in [0.5, 0.6) is 0 Å². The molecular formula is C44H29BN2. The minimum Gasteiger partial charge on any atom is -0.309 e. The summed E-state index contributed by atoms with van der Waals surface area (Å²) in [6, 6.07) is 64.5. The van der Waals surface area contributed by atoms with Crippen LogP contribution < -0.4 is 16.4 Å². The van der Waals surface area contributed by atoms with Gasteiger partial charge in [-0.05, 0) is 53.6 Å². The summed E-state index contributed by atoms with van der Waals surface area (Å²) in [5.41, 5.74) is 15.1. The highest BCUT2D eigenvalue weighted by molar-refractivity contribution is 6.97. The molecule has 0 N–H and O–H groups in total. The van der Waals surface area contributed by atoms with Gasteiger partial charge in [-0.1, -0.05) is 150 Å². The summed E-state index contributed by atoms with van der Waals surface area (Å²) in [6.45, 7) is 0.0565. The van der Waals surface area contributed by atoms with Crippen molar-refractivity contribution >= 4 is 55.8 Å². The Kier molecular flexibility index (Phi) is 5.70. The van der Waals surface area contributed by atoms with Crippen molar-refractivity contribution in [1.29, 1.82) is 0 Å². The predicted octanol–water partition coefficient (Wildman–Crippen LogP) is 8.89. The van der Waals surface area contributed by atoms with Crippen LogP contribution in [0.4, 0.5) is 0 Å². The average Bonchev–Trinajstić information content (AvgIpc) is 3.62. The standard InChI is InChI=1S/C44H29BN2/c1-3-15-31(16-4-1)46-40-25-13-9-19-33(40)37-29-30(27-28-42(37)46)45-38-23-11-7-20-34(38)43-36-22-10-14-26-41(36)47(32-17-5-2-6-18-32)44(43)35-21-8-12-24-39(35)45/h1-29H. The average molecular weight is 597 g/mol. The number of aromatic nitrogens is 2. The molecule has 0 saturated carbocycles. The largest absolute Gasteiger partial charge is 0.309 e. The van der Waals surface area contributed by atoms with E-state index in [1.165, 1.54) is 82.9 Å². The molecule has 7 aromatic carbocycles. The summed E-state index contributed by atoms with van der Waals surface area (Å²) in [5.74, 6) is 0. The number of nitrogens with zero attached hydrogens (tertiary/aromatic N) is 2. The topological polar surface area (TPSA) is 9.86 Å². The molecule has 0 radical (unpaired) electrons. The molecule has 0 bridgehead atoms. The first-order chi connectivity index (χ1) is 23.4. The molecule has 3 heteroatoms. The Balaban J connectivity index is 1.30. The van der Waals surface area contributed by atoms with Gasteiger partial charge in [-0.2, -0.15) is 0 Å². The van der Waals surface area contributed by atoms with Gasteiger partial charge in [-0.15, -0.1) is 0 Å². The van der Waals surface area contributed by atoms with E-state index >= 15 is 0 Å². The van der Waals surface area contributed by atoms with E-state index in [1.807, 2.05) is 0 Å². The SMILES string of the molecule is c1ccc(-n2c3c(c4ccccc42)-c2ccccc2B(c2ccc4c(c2)c2ccccc2n4-c2ccccc2)c2ccccc2-3)cc1. The zero-order chi connectivity index (χ0) is 30.9. The third-order valence-corrected chi connectivity index (χ3v) is 10.0. The van der Waals surface area contributed by atoms with E-state index in [0.29, 0.717) is 0 Å². The molecule has 9 aromatic rings. The number of benzene rings is 7. The summed E-state index contributed by atoms with van der Waals surface area (Å²) >= 11 is 0. The Morgan fingerprint density at radius 3 is 1.60 bits per heavy atom. The molecule has 0 amide bonds. The summed E-state index contributed by atoms with van der Waals surface area (Å²) in [5, 5.41) is 3.82. The van der Waals surface area contributed by atoms with Crippen molar-refractivity contribution in [3.05, 3.63) is 176 Å². The molecule has 2 aromatic heterocycles. The summed E-state index contributed by atoms with van der Waals surface area (Å²) in [6.07, 6.45) is 0. The molecule has 10 rings (SSSR count). The number of para-hydroxylation sites is 4. The van der Waals surface area contributed by atoms with E-state index in [4.69, 9.17) is 0 Å². The fourth-order valence-corrected chi connectivity index (χ4v) is 8.11. The number of rotatable bonds is 3. The fraction of sp³-hybridized carbons (Fsp3) is 0. The second-order valence-corrected chi connectivity index (χ2v) is 12.5. The van der Waals surface area contributed by atoms with E-state index in [9.17, 15) is 0 Å². The summed E-state index contributed by atoms with van der Waals surface area (Å²) < 4.78 is 4.87. The molecule has 0 fully saturated rings. The molecule has 0 unspecified atom stereocenters. The van der Waals surface area contributed by atoms with Crippen LogP contribution in [0.15, 0.2) is 176 Å². The van der Waals surface area contributed by atoms with E-state index < -0.39 is 0 Å². The van der Waals surface area contributed by atoms with Crippen LogP contribution in [0.2, 0.25) is 0 Å². The number of hydrogen-bond acceptors (Lipinski definition) is 0. The number of hydrogen-bond donors (Lipinski definition) is 0. The Hall–Kier alpha value is -6.06. The van der Waals surface area contributed by atoms with Gasteiger partial charge >= 0.3 is 0 Å². The van der Waals surface area contributed by atoms with Crippen molar-refractivity contribution in [3.63, 3.8) is 0 Å². The first kappa shape index (κ1) is 26.2.